The van der Waals surface area contributed by atoms with Crippen LogP contribution >= 0.6 is 11.3 Å². The molecule has 4 aromatic rings. The first kappa shape index (κ1) is 29.5. The van der Waals surface area contributed by atoms with E-state index in [0.29, 0.717) is 52.0 Å². The molecule has 1 aliphatic rings. The van der Waals surface area contributed by atoms with Crippen molar-refractivity contribution in [2.75, 3.05) is 18.9 Å². The van der Waals surface area contributed by atoms with Crippen molar-refractivity contribution < 1.29 is 27.1 Å². The quantitative estimate of drug-likeness (QED) is 0.305. The number of aryl methyl sites for hydroxylation is 1. The van der Waals surface area contributed by atoms with Crippen LogP contribution in [0.5, 0.6) is 5.75 Å². The third-order valence-electron chi connectivity index (χ3n) is 7.41. The van der Waals surface area contributed by atoms with E-state index in [4.69, 9.17) is 24.6 Å². The molecule has 10 nitrogen and oxygen atoms in total. The van der Waals surface area contributed by atoms with Crippen molar-refractivity contribution in [3.63, 3.8) is 0 Å². The second kappa shape index (κ2) is 11.7. The first-order valence-corrected chi connectivity index (χ1v) is 15.7. The normalized spacial score (nSPS) is 15.5. The predicted molar refractivity (Wildman–Crippen MR) is 163 cm³/mol. The molecule has 1 aliphatic heterocycles. The molecule has 1 fully saturated rings. The first-order valence-electron chi connectivity index (χ1n) is 13.4. The Morgan fingerprint density at radius 1 is 1.29 bits per heavy atom. The lowest BCUT2D eigenvalue weighted by Gasteiger charge is -2.29. The average Bonchev–Trinajstić information content (AvgIpc) is 3.54. The van der Waals surface area contributed by atoms with Gasteiger partial charge < -0.3 is 19.6 Å². The molecular formula is C30H32N4O6S2. The number of fused-ring (bicyclic) bond motifs is 1. The molecule has 1 amide bonds. The van der Waals surface area contributed by atoms with Crippen molar-refractivity contribution >= 4 is 56.0 Å². The van der Waals surface area contributed by atoms with Crippen molar-refractivity contribution in [2.45, 2.75) is 43.9 Å². The van der Waals surface area contributed by atoms with Gasteiger partial charge in [0.25, 0.3) is 15.9 Å². The number of hydrogen-bond acceptors (Lipinski definition) is 10. The van der Waals surface area contributed by atoms with Crippen LogP contribution in [0, 0.1) is 19.8 Å². The third-order valence-corrected chi connectivity index (χ3v) is 10.0. The van der Waals surface area contributed by atoms with E-state index in [-0.39, 0.29) is 26.9 Å². The molecule has 5 rings (SSSR count). The number of allylic oxidation sites excluding steroid dienone is 1. The molecule has 1 atom stereocenters. The highest BCUT2D eigenvalue weighted by atomic mass is 32.2. The number of furan rings is 1. The van der Waals surface area contributed by atoms with E-state index in [9.17, 15) is 13.2 Å². The van der Waals surface area contributed by atoms with Crippen molar-refractivity contribution in [1.29, 1.82) is 0 Å². The van der Waals surface area contributed by atoms with E-state index in [1.54, 1.807) is 18.2 Å². The van der Waals surface area contributed by atoms with Crippen LogP contribution in [-0.4, -0.2) is 43.6 Å². The Balaban J connectivity index is 1.69. The Labute approximate surface area is 247 Å². The molecule has 1 aromatic carbocycles. The van der Waals surface area contributed by atoms with Gasteiger partial charge in [-0.25, -0.2) is 23.1 Å². The van der Waals surface area contributed by atoms with Crippen molar-refractivity contribution in [1.82, 2.24) is 14.7 Å². The summed E-state index contributed by atoms with van der Waals surface area (Å²) in [5, 5.41) is 1.12. The Kier molecular flexibility index (Phi) is 8.22. The molecule has 1 saturated heterocycles. The summed E-state index contributed by atoms with van der Waals surface area (Å²) in [7, 11) is -4.26. The molecule has 0 bridgehead atoms. The van der Waals surface area contributed by atoms with E-state index >= 15 is 0 Å². The molecule has 0 saturated carbocycles. The van der Waals surface area contributed by atoms with Gasteiger partial charge in [-0.1, -0.05) is 36.6 Å². The van der Waals surface area contributed by atoms with Crippen LogP contribution in [0.1, 0.15) is 41.3 Å². The molecule has 12 heteroatoms. The topological polar surface area (TPSA) is 147 Å². The zero-order valence-corrected chi connectivity index (χ0v) is 25.2. The van der Waals surface area contributed by atoms with Crippen LogP contribution < -0.4 is 25.8 Å². The minimum absolute atomic E-state index is 0.0598. The predicted octanol–water partition coefficient (Wildman–Crippen LogP) is 3.84. The van der Waals surface area contributed by atoms with Gasteiger partial charge in [0.05, 0.1) is 28.8 Å². The van der Waals surface area contributed by atoms with Crippen molar-refractivity contribution in [3.8, 4) is 17.2 Å². The molecule has 0 spiro atoms. The summed E-state index contributed by atoms with van der Waals surface area (Å²) in [5.41, 5.74) is 8.53. The van der Waals surface area contributed by atoms with Gasteiger partial charge in [0, 0.05) is 24.0 Å². The zero-order chi connectivity index (χ0) is 30.2. The maximum Gasteiger partial charge on any atom is 0.275 e. The minimum atomic E-state index is -4.26. The number of pyridine rings is 1. The smallest absolute Gasteiger partial charge is 0.275 e. The number of thiazole rings is 1. The maximum atomic E-state index is 13.8. The SMILES string of the molecule is C=C/C=c1/oc(-c2cc(C(=O)NS(=O)(=O)c3cnc(N)s3)c3c(O[C@H](C)C4CCOCC4)ccc(C)c3n2)c(C)c1=C. The Morgan fingerprint density at radius 2 is 2.02 bits per heavy atom. The van der Waals surface area contributed by atoms with Gasteiger partial charge in [-0.15, -0.1) is 0 Å². The number of amides is 1. The second-order valence-electron chi connectivity index (χ2n) is 10.2. The number of benzene rings is 1. The van der Waals surface area contributed by atoms with Crippen LogP contribution in [0.3, 0.4) is 0 Å². The fourth-order valence-electron chi connectivity index (χ4n) is 5.00. The van der Waals surface area contributed by atoms with Crippen molar-refractivity contribution in [3.05, 3.63) is 64.4 Å². The molecule has 0 radical (unpaired) electrons. The lowest BCUT2D eigenvalue weighted by Crippen LogP contribution is -2.31. The second-order valence-corrected chi connectivity index (χ2v) is 13.2. The number of aromatic nitrogens is 2. The summed E-state index contributed by atoms with van der Waals surface area (Å²) in [6, 6.07) is 5.17. The van der Waals surface area contributed by atoms with Gasteiger partial charge in [-0.05, 0) is 63.3 Å². The minimum Gasteiger partial charge on any atom is -0.490 e. The monoisotopic (exact) mass is 608 g/mol. The van der Waals surface area contributed by atoms with E-state index in [1.165, 1.54) is 6.07 Å². The van der Waals surface area contributed by atoms with Gasteiger partial charge >= 0.3 is 0 Å². The number of nitrogen functional groups attached to an aromatic ring is 1. The van der Waals surface area contributed by atoms with E-state index in [2.05, 4.69) is 22.9 Å². The zero-order valence-electron chi connectivity index (χ0n) is 23.6. The third kappa shape index (κ3) is 5.69. The highest BCUT2D eigenvalue weighted by molar-refractivity contribution is 7.92. The summed E-state index contributed by atoms with van der Waals surface area (Å²) in [6.45, 7) is 14.8. The van der Waals surface area contributed by atoms with Crippen LogP contribution in [0.15, 0.2) is 45.7 Å². The van der Waals surface area contributed by atoms with Crippen LogP contribution in [0.4, 0.5) is 5.13 Å². The average molecular weight is 609 g/mol. The summed E-state index contributed by atoms with van der Waals surface area (Å²) in [4.78, 5) is 22.5. The fraction of sp³-hybridized carbons (Fsp3) is 0.300. The number of hydrogen-bond donors (Lipinski definition) is 2. The number of nitrogens with one attached hydrogen (secondary N) is 1. The first-order chi connectivity index (χ1) is 20.0. The number of carbonyl (C=O) groups excluding carboxylic acids is 1. The highest BCUT2D eigenvalue weighted by Gasteiger charge is 2.28. The Hall–Kier alpha value is -4.00. The summed E-state index contributed by atoms with van der Waals surface area (Å²) in [5.74, 6) is 0.232. The molecule has 3 N–H and O–H groups in total. The van der Waals surface area contributed by atoms with Gasteiger partial charge in [-0.2, -0.15) is 0 Å². The van der Waals surface area contributed by atoms with E-state index in [1.807, 2.05) is 26.8 Å². The molecule has 220 valence electrons. The molecule has 4 heterocycles. The molecular weight excluding hydrogens is 576 g/mol. The van der Waals surface area contributed by atoms with Crippen LogP contribution in [-0.2, 0) is 14.8 Å². The number of ether oxygens (including phenoxy) is 2. The number of sulfonamides is 1. The lowest BCUT2D eigenvalue weighted by atomic mass is 9.94. The summed E-state index contributed by atoms with van der Waals surface area (Å²) in [6.07, 6.45) is 5.92. The number of rotatable bonds is 8. The van der Waals surface area contributed by atoms with Gasteiger partial charge in [0.1, 0.15) is 16.9 Å². The highest BCUT2D eigenvalue weighted by Crippen LogP contribution is 2.36. The lowest BCUT2D eigenvalue weighted by molar-refractivity contribution is 0.0243. The summed E-state index contributed by atoms with van der Waals surface area (Å²) < 4.78 is 46.3. The molecule has 0 unspecified atom stereocenters. The number of anilines is 1. The molecule has 42 heavy (non-hydrogen) atoms. The Bertz CT molecular complexity index is 1910. The molecule has 0 aliphatic carbocycles. The number of carbonyl (C=O) groups is 1. The van der Waals surface area contributed by atoms with Crippen molar-refractivity contribution in [2.24, 2.45) is 5.92 Å². The van der Waals surface area contributed by atoms with Crippen LogP contribution in [0.2, 0.25) is 0 Å². The van der Waals surface area contributed by atoms with Gasteiger partial charge in [-0.3, -0.25) is 4.79 Å². The number of nitrogens with two attached hydrogens (primary N) is 1. The van der Waals surface area contributed by atoms with E-state index in [0.717, 1.165) is 41.5 Å². The Morgan fingerprint density at radius 3 is 2.69 bits per heavy atom. The van der Waals surface area contributed by atoms with Gasteiger partial charge in [0.15, 0.2) is 15.1 Å². The fourth-order valence-corrected chi connectivity index (χ4v) is 6.88. The maximum absolute atomic E-state index is 13.8. The summed E-state index contributed by atoms with van der Waals surface area (Å²) >= 11 is 0.759. The largest absolute Gasteiger partial charge is 0.490 e. The van der Waals surface area contributed by atoms with Crippen LogP contribution in [0.25, 0.3) is 35.0 Å². The molecule has 3 aromatic heterocycles. The number of nitrogens with zero attached hydrogens (tertiary/aromatic N) is 2. The standard InChI is InChI=1S/C30H32N4O6S2/c1-6-7-23-17(3)18(4)28(40-23)22-14-21(29(35)34-42(36,37)25-15-32-30(31)41-25)26-24(9-8-16(2)27(26)33-22)39-19(5)20-10-12-38-13-11-20/h6-9,14-15,19-20H,1,3,10-13H2,2,4-5H3,(H2,31,32)(H,34,35)/b23-7+/t19-/m1/s1. The van der Waals surface area contributed by atoms with E-state index < -0.39 is 15.9 Å². The van der Waals surface area contributed by atoms with Gasteiger partial charge in [0.2, 0.25) is 0 Å².